The summed E-state index contributed by atoms with van der Waals surface area (Å²) in [6.45, 7) is 1.15. The van der Waals surface area contributed by atoms with Gasteiger partial charge in [0.15, 0.2) is 6.61 Å². The topological polar surface area (TPSA) is 67.9 Å². The molecule has 1 aliphatic rings. The van der Waals surface area contributed by atoms with Crippen LogP contribution in [0.25, 0.3) is 0 Å². The molecule has 0 bridgehead atoms. The SMILES string of the molecule is O=C(NCC1CCCO1)C(c1ccccc1)N(Cc1ccc(Cl)cc1)C(=O)COc1ccccc1. The van der Waals surface area contributed by atoms with Gasteiger partial charge in [0.2, 0.25) is 5.91 Å². The zero-order chi connectivity index (χ0) is 24.5. The molecule has 3 aromatic rings. The van der Waals surface area contributed by atoms with Crippen molar-refractivity contribution in [3.8, 4) is 5.75 Å². The number of halogens is 1. The maximum Gasteiger partial charge on any atom is 0.261 e. The van der Waals surface area contributed by atoms with Crippen LogP contribution in [0, 0.1) is 0 Å². The van der Waals surface area contributed by atoms with Crippen molar-refractivity contribution >= 4 is 23.4 Å². The van der Waals surface area contributed by atoms with Gasteiger partial charge in [-0.05, 0) is 48.2 Å². The molecule has 2 atom stereocenters. The smallest absolute Gasteiger partial charge is 0.261 e. The van der Waals surface area contributed by atoms with Crippen LogP contribution in [0.3, 0.4) is 0 Å². The van der Waals surface area contributed by atoms with Gasteiger partial charge in [0.25, 0.3) is 5.91 Å². The lowest BCUT2D eigenvalue weighted by atomic mass is 10.0. The number of nitrogens with one attached hydrogen (secondary N) is 1. The zero-order valence-electron chi connectivity index (χ0n) is 19.4. The standard InChI is InChI=1S/C28H29ClN2O4/c29-23-15-13-21(14-16-23)19-31(26(32)20-35-24-10-5-2-6-11-24)27(22-8-3-1-4-9-22)28(33)30-18-25-12-7-17-34-25/h1-6,8-11,13-16,25,27H,7,12,17-20H2,(H,30,33). The van der Waals surface area contributed by atoms with E-state index in [1.807, 2.05) is 60.7 Å². The highest BCUT2D eigenvalue weighted by Crippen LogP contribution is 2.25. The van der Waals surface area contributed by atoms with Crippen LogP contribution in [-0.2, 0) is 20.9 Å². The van der Waals surface area contributed by atoms with Crippen molar-refractivity contribution in [2.24, 2.45) is 0 Å². The van der Waals surface area contributed by atoms with Crippen LogP contribution in [0.15, 0.2) is 84.9 Å². The van der Waals surface area contributed by atoms with E-state index in [1.165, 1.54) is 0 Å². The number of nitrogens with zero attached hydrogens (tertiary/aromatic N) is 1. The maximum absolute atomic E-state index is 13.5. The highest BCUT2D eigenvalue weighted by Gasteiger charge is 2.32. The first-order chi connectivity index (χ1) is 17.1. The van der Waals surface area contributed by atoms with Crippen LogP contribution in [-0.4, -0.2) is 42.6 Å². The van der Waals surface area contributed by atoms with Crippen LogP contribution in [0.5, 0.6) is 5.75 Å². The fraction of sp³-hybridized carbons (Fsp3) is 0.286. The van der Waals surface area contributed by atoms with Gasteiger partial charge in [-0.1, -0.05) is 72.3 Å². The second-order valence-corrected chi connectivity index (χ2v) is 8.88. The molecule has 3 aromatic carbocycles. The molecule has 0 aliphatic carbocycles. The van der Waals surface area contributed by atoms with Crippen LogP contribution in [0.2, 0.25) is 5.02 Å². The molecular weight excluding hydrogens is 464 g/mol. The summed E-state index contributed by atoms with van der Waals surface area (Å²) in [7, 11) is 0. The molecular formula is C28H29ClN2O4. The van der Waals surface area contributed by atoms with E-state index < -0.39 is 6.04 Å². The van der Waals surface area contributed by atoms with E-state index in [-0.39, 0.29) is 31.1 Å². The fourth-order valence-electron chi connectivity index (χ4n) is 4.08. The van der Waals surface area contributed by atoms with E-state index in [4.69, 9.17) is 21.1 Å². The lowest BCUT2D eigenvalue weighted by Crippen LogP contribution is -2.46. The summed E-state index contributed by atoms with van der Waals surface area (Å²) >= 11 is 6.06. The van der Waals surface area contributed by atoms with Crippen molar-refractivity contribution < 1.29 is 19.1 Å². The molecule has 1 N–H and O–H groups in total. The molecule has 1 saturated heterocycles. The lowest BCUT2D eigenvalue weighted by molar-refractivity contribution is -0.143. The Balaban J connectivity index is 1.60. The van der Waals surface area contributed by atoms with Crippen molar-refractivity contribution in [2.45, 2.75) is 31.5 Å². The highest BCUT2D eigenvalue weighted by molar-refractivity contribution is 6.30. The molecule has 1 heterocycles. The third-order valence-electron chi connectivity index (χ3n) is 5.90. The summed E-state index contributed by atoms with van der Waals surface area (Å²) in [5.74, 6) is 0.0324. The Bertz CT molecular complexity index is 1090. The zero-order valence-corrected chi connectivity index (χ0v) is 20.2. The number of carbonyl (C=O) groups is 2. The minimum Gasteiger partial charge on any atom is -0.484 e. The average molecular weight is 493 g/mol. The van der Waals surface area contributed by atoms with Crippen molar-refractivity contribution in [2.75, 3.05) is 19.8 Å². The largest absolute Gasteiger partial charge is 0.484 e. The summed E-state index contributed by atoms with van der Waals surface area (Å²) in [4.78, 5) is 28.6. The Morgan fingerprint density at radius 3 is 2.34 bits per heavy atom. The van der Waals surface area contributed by atoms with Crippen LogP contribution >= 0.6 is 11.6 Å². The highest BCUT2D eigenvalue weighted by atomic mass is 35.5. The predicted octanol–water partition coefficient (Wildman–Crippen LogP) is 4.78. The maximum atomic E-state index is 13.5. The quantitative estimate of drug-likeness (QED) is 0.442. The Morgan fingerprint density at radius 2 is 1.69 bits per heavy atom. The summed E-state index contributed by atoms with van der Waals surface area (Å²) in [5, 5.41) is 3.61. The van der Waals surface area contributed by atoms with E-state index in [2.05, 4.69) is 5.32 Å². The van der Waals surface area contributed by atoms with Crippen LogP contribution in [0.4, 0.5) is 0 Å². The predicted molar refractivity (Wildman–Crippen MR) is 135 cm³/mol. The molecule has 182 valence electrons. The molecule has 2 unspecified atom stereocenters. The van der Waals surface area contributed by atoms with E-state index in [0.717, 1.165) is 24.0 Å². The van der Waals surface area contributed by atoms with Crippen molar-refractivity contribution in [3.05, 3.63) is 101 Å². The van der Waals surface area contributed by atoms with E-state index in [0.29, 0.717) is 23.9 Å². The molecule has 6 nitrogen and oxygen atoms in total. The van der Waals surface area contributed by atoms with E-state index >= 15 is 0 Å². The molecule has 1 aliphatic heterocycles. The number of hydrogen-bond donors (Lipinski definition) is 1. The fourth-order valence-corrected chi connectivity index (χ4v) is 4.21. The molecule has 0 radical (unpaired) electrons. The average Bonchev–Trinajstić information content (AvgIpc) is 3.42. The van der Waals surface area contributed by atoms with Gasteiger partial charge in [0.1, 0.15) is 11.8 Å². The summed E-state index contributed by atoms with van der Waals surface area (Å²) in [5.41, 5.74) is 1.58. The van der Waals surface area contributed by atoms with Crippen molar-refractivity contribution in [1.29, 1.82) is 0 Å². The van der Waals surface area contributed by atoms with E-state index in [1.54, 1.807) is 29.2 Å². The number of amides is 2. The van der Waals surface area contributed by atoms with Gasteiger partial charge >= 0.3 is 0 Å². The Morgan fingerprint density at radius 1 is 1.00 bits per heavy atom. The van der Waals surface area contributed by atoms with Gasteiger partial charge in [-0.3, -0.25) is 9.59 Å². The van der Waals surface area contributed by atoms with Crippen LogP contribution < -0.4 is 10.1 Å². The molecule has 1 fully saturated rings. The number of ether oxygens (including phenoxy) is 2. The van der Waals surface area contributed by atoms with Gasteiger partial charge < -0.3 is 19.7 Å². The first-order valence-electron chi connectivity index (χ1n) is 11.8. The minimum atomic E-state index is -0.833. The summed E-state index contributed by atoms with van der Waals surface area (Å²) in [6.07, 6.45) is 1.90. The Labute approximate surface area is 210 Å². The van der Waals surface area contributed by atoms with Crippen molar-refractivity contribution in [1.82, 2.24) is 10.2 Å². The first-order valence-corrected chi connectivity index (χ1v) is 12.1. The lowest BCUT2D eigenvalue weighted by Gasteiger charge is -2.32. The Hall–Kier alpha value is -3.35. The molecule has 2 amide bonds. The third-order valence-corrected chi connectivity index (χ3v) is 6.15. The number of carbonyl (C=O) groups excluding carboxylic acids is 2. The normalized spacial score (nSPS) is 15.9. The van der Waals surface area contributed by atoms with E-state index in [9.17, 15) is 9.59 Å². The second-order valence-electron chi connectivity index (χ2n) is 8.44. The number of benzene rings is 3. The van der Waals surface area contributed by atoms with Gasteiger partial charge in [0.05, 0.1) is 6.10 Å². The first kappa shape index (κ1) is 24.8. The number of hydrogen-bond acceptors (Lipinski definition) is 4. The van der Waals surface area contributed by atoms with Gasteiger partial charge in [-0.25, -0.2) is 0 Å². The molecule has 0 aromatic heterocycles. The van der Waals surface area contributed by atoms with Crippen molar-refractivity contribution in [3.63, 3.8) is 0 Å². The van der Waals surface area contributed by atoms with Gasteiger partial charge in [-0.15, -0.1) is 0 Å². The number of rotatable bonds is 10. The summed E-state index contributed by atoms with van der Waals surface area (Å²) < 4.78 is 11.4. The molecule has 35 heavy (non-hydrogen) atoms. The summed E-state index contributed by atoms with van der Waals surface area (Å²) in [6, 6.07) is 24.9. The molecule has 0 saturated carbocycles. The molecule has 7 heteroatoms. The third kappa shape index (κ3) is 7.07. The molecule has 4 rings (SSSR count). The minimum absolute atomic E-state index is 0.00259. The Kier molecular flexibility index (Phi) is 8.76. The monoisotopic (exact) mass is 492 g/mol. The molecule has 0 spiro atoms. The van der Waals surface area contributed by atoms with Gasteiger partial charge in [-0.2, -0.15) is 0 Å². The van der Waals surface area contributed by atoms with Crippen LogP contribution in [0.1, 0.15) is 30.0 Å². The van der Waals surface area contributed by atoms with Gasteiger partial charge in [0, 0.05) is 24.7 Å². The second kappa shape index (κ2) is 12.4. The number of para-hydroxylation sites is 1.